The van der Waals surface area contributed by atoms with Crippen molar-refractivity contribution in [1.82, 2.24) is 10.6 Å². The van der Waals surface area contributed by atoms with Crippen LogP contribution in [-0.4, -0.2) is 35.2 Å². The fraction of sp³-hybridized carbons (Fsp3) is 0.562. The van der Waals surface area contributed by atoms with Crippen molar-refractivity contribution in [2.45, 2.75) is 43.1 Å². The standard InChI is InChI=1S/C16H23FN2O2S/c1-22-14-4-2-3-13(9-14)19-16(21)18-10-15(20)11-5-7-12(17)8-6-11/h5-8,13-15,20H,2-4,9-10H2,1H3,(H2,18,19,21). The maximum Gasteiger partial charge on any atom is 0.315 e. The first-order valence-corrected chi connectivity index (χ1v) is 8.88. The van der Waals surface area contributed by atoms with Crippen molar-refractivity contribution in [2.24, 2.45) is 0 Å². The van der Waals surface area contributed by atoms with Crippen LogP contribution < -0.4 is 10.6 Å². The van der Waals surface area contributed by atoms with Crippen LogP contribution in [0.2, 0.25) is 0 Å². The fourth-order valence-corrected chi connectivity index (χ4v) is 3.55. The average molecular weight is 326 g/mol. The first-order chi connectivity index (χ1) is 10.6. The number of hydrogen-bond donors (Lipinski definition) is 3. The van der Waals surface area contributed by atoms with Gasteiger partial charge in [0.2, 0.25) is 0 Å². The number of benzene rings is 1. The number of nitrogens with one attached hydrogen (secondary N) is 2. The molecule has 1 saturated carbocycles. The molecule has 6 heteroatoms. The Morgan fingerprint density at radius 1 is 1.41 bits per heavy atom. The molecule has 2 rings (SSSR count). The van der Waals surface area contributed by atoms with Gasteiger partial charge in [-0.05, 0) is 43.2 Å². The molecule has 1 aromatic rings. The van der Waals surface area contributed by atoms with Crippen LogP contribution in [-0.2, 0) is 0 Å². The topological polar surface area (TPSA) is 61.4 Å². The highest BCUT2D eigenvalue weighted by molar-refractivity contribution is 7.99. The van der Waals surface area contributed by atoms with Crippen LogP contribution in [0.15, 0.2) is 24.3 Å². The first kappa shape index (κ1) is 17.1. The quantitative estimate of drug-likeness (QED) is 0.780. The van der Waals surface area contributed by atoms with Crippen molar-refractivity contribution in [1.29, 1.82) is 0 Å². The zero-order valence-electron chi connectivity index (χ0n) is 12.7. The lowest BCUT2D eigenvalue weighted by atomic mass is 9.95. The van der Waals surface area contributed by atoms with E-state index in [4.69, 9.17) is 0 Å². The zero-order valence-corrected chi connectivity index (χ0v) is 13.5. The van der Waals surface area contributed by atoms with Crippen LogP contribution in [0.25, 0.3) is 0 Å². The van der Waals surface area contributed by atoms with Gasteiger partial charge in [-0.25, -0.2) is 9.18 Å². The molecule has 3 N–H and O–H groups in total. The highest BCUT2D eigenvalue weighted by Gasteiger charge is 2.22. The van der Waals surface area contributed by atoms with Gasteiger partial charge in [-0.2, -0.15) is 11.8 Å². The normalized spacial score (nSPS) is 22.9. The fourth-order valence-electron chi connectivity index (χ4n) is 2.72. The number of urea groups is 1. The molecule has 2 amide bonds. The minimum Gasteiger partial charge on any atom is -0.387 e. The van der Waals surface area contributed by atoms with Gasteiger partial charge in [0.25, 0.3) is 0 Å². The molecular formula is C16H23FN2O2S. The number of carbonyl (C=O) groups is 1. The minimum atomic E-state index is -0.836. The molecule has 0 spiro atoms. The summed E-state index contributed by atoms with van der Waals surface area (Å²) in [6, 6.07) is 5.57. The predicted octanol–water partition coefficient (Wildman–Crippen LogP) is 2.83. The number of thioether (sulfide) groups is 1. The van der Waals surface area contributed by atoms with Gasteiger partial charge in [0, 0.05) is 17.8 Å². The average Bonchev–Trinajstić information content (AvgIpc) is 2.53. The Kier molecular flexibility index (Phi) is 6.51. The van der Waals surface area contributed by atoms with Crippen molar-refractivity contribution in [2.75, 3.05) is 12.8 Å². The van der Waals surface area contributed by atoms with Crippen LogP contribution >= 0.6 is 11.8 Å². The maximum atomic E-state index is 12.8. The third-order valence-electron chi connectivity index (χ3n) is 4.01. The third kappa shape index (κ3) is 5.18. The van der Waals surface area contributed by atoms with E-state index in [0.717, 1.165) is 19.3 Å². The molecule has 0 aromatic heterocycles. The van der Waals surface area contributed by atoms with E-state index in [1.165, 1.54) is 30.7 Å². The first-order valence-electron chi connectivity index (χ1n) is 7.59. The molecule has 1 fully saturated rings. The van der Waals surface area contributed by atoms with E-state index in [-0.39, 0.29) is 24.4 Å². The highest BCUT2D eigenvalue weighted by Crippen LogP contribution is 2.26. The van der Waals surface area contributed by atoms with Crippen molar-refractivity contribution < 1.29 is 14.3 Å². The largest absolute Gasteiger partial charge is 0.387 e. The summed E-state index contributed by atoms with van der Waals surface area (Å²) in [5, 5.41) is 16.2. The Bertz CT molecular complexity index is 484. The molecule has 22 heavy (non-hydrogen) atoms. The molecular weight excluding hydrogens is 303 g/mol. The lowest BCUT2D eigenvalue weighted by molar-refractivity contribution is 0.172. The van der Waals surface area contributed by atoms with E-state index >= 15 is 0 Å². The number of hydrogen-bond acceptors (Lipinski definition) is 3. The SMILES string of the molecule is CSC1CCCC(NC(=O)NCC(O)c2ccc(F)cc2)C1. The van der Waals surface area contributed by atoms with Gasteiger partial charge < -0.3 is 15.7 Å². The molecule has 122 valence electrons. The number of halogens is 1. The predicted molar refractivity (Wildman–Crippen MR) is 87.5 cm³/mol. The second kappa shape index (κ2) is 8.39. The van der Waals surface area contributed by atoms with Crippen molar-refractivity contribution in [3.63, 3.8) is 0 Å². The summed E-state index contributed by atoms with van der Waals surface area (Å²) in [6.45, 7) is 0.107. The molecule has 0 bridgehead atoms. The van der Waals surface area contributed by atoms with Crippen LogP contribution in [0.4, 0.5) is 9.18 Å². The molecule has 4 nitrogen and oxygen atoms in total. The van der Waals surface area contributed by atoms with Crippen molar-refractivity contribution >= 4 is 17.8 Å². The number of rotatable bonds is 5. The second-order valence-corrected chi connectivity index (χ2v) is 6.78. The molecule has 1 aliphatic carbocycles. The Morgan fingerprint density at radius 3 is 2.82 bits per heavy atom. The lowest BCUT2D eigenvalue weighted by Crippen LogP contribution is -2.45. The lowest BCUT2D eigenvalue weighted by Gasteiger charge is -2.28. The molecule has 1 aromatic carbocycles. The number of aliphatic hydroxyl groups is 1. The van der Waals surface area contributed by atoms with E-state index in [0.29, 0.717) is 10.8 Å². The molecule has 0 radical (unpaired) electrons. The molecule has 3 unspecified atom stereocenters. The Labute approximate surface area is 134 Å². The highest BCUT2D eigenvalue weighted by atomic mass is 32.2. The monoisotopic (exact) mass is 326 g/mol. The molecule has 0 aliphatic heterocycles. The van der Waals surface area contributed by atoms with Gasteiger partial charge in [0.05, 0.1) is 6.10 Å². The van der Waals surface area contributed by atoms with E-state index < -0.39 is 6.10 Å². The van der Waals surface area contributed by atoms with Gasteiger partial charge in [0.15, 0.2) is 0 Å². The number of aliphatic hydroxyl groups excluding tert-OH is 1. The van der Waals surface area contributed by atoms with E-state index in [1.54, 1.807) is 0 Å². The summed E-state index contributed by atoms with van der Waals surface area (Å²) < 4.78 is 12.8. The Morgan fingerprint density at radius 2 is 2.14 bits per heavy atom. The van der Waals surface area contributed by atoms with Gasteiger partial charge in [-0.15, -0.1) is 0 Å². The van der Waals surface area contributed by atoms with E-state index in [1.807, 2.05) is 11.8 Å². The van der Waals surface area contributed by atoms with Gasteiger partial charge in [-0.3, -0.25) is 0 Å². The smallest absolute Gasteiger partial charge is 0.315 e. The van der Waals surface area contributed by atoms with E-state index in [9.17, 15) is 14.3 Å². The molecule has 3 atom stereocenters. The van der Waals surface area contributed by atoms with Crippen molar-refractivity contribution in [3.05, 3.63) is 35.6 Å². The van der Waals surface area contributed by atoms with Crippen LogP contribution in [0, 0.1) is 5.82 Å². The summed E-state index contributed by atoms with van der Waals surface area (Å²) in [6.07, 6.45) is 5.61. The van der Waals surface area contributed by atoms with Crippen LogP contribution in [0.5, 0.6) is 0 Å². The molecule has 0 heterocycles. The van der Waals surface area contributed by atoms with E-state index in [2.05, 4.69) is 16.9 Å². The summed E-state index contributed by atoms with van der Waals surface area (Å²) >= 11 is 1.85. The summed E-state index contributed by atoms with van der Waals surface area (Å²) in [5.74, 6) is -0.345. The number of amides is 2. The van der Waals surface area contributed by atoms with Gasteiger partial charge in [0.1, 0.15) is 5.82 Å². The summed E-state index contributed by atoms with van der Waals surface area (Å²) in [5.41, 5.74) is 0.585. The van der Waals surface area contributed by atoms with Crippen LogP contribution in [0.3, 0.4) is 0 Å². The van der Waals surface area contributed by atoms with Gasteiger partial charge >= 0.3 is 6.03 Å². The maximum absolute atomic E-state index is 12.8. The summed E-state index contributed by atoms with van der Waals surface area (Å²) in [4.78, 5) is 11.9. The third-order valence-corrected chi connectivity index (χ3v) is 5.10. The molecule has 0 saturated heterocycles. The number of carbonyl (C=O) groups excluding carboxylic acids is 1. The second-order valence-electron chi connectivity index (χ2n) is 5.64. The minimum absolute atomic E-state index is 0.107. The Hall–Kier alpha value is -1.27. The molecule has 1 aliphatic rings. The Balaban J connectivity index is 1.74. The van der Waals surface area contributed by atoms with Crippen LogP contribution in [0.1, 0.15) is 37.4 Å². The zero-order chi connectivity index (χ0) is 15.9. The van der Waals surface area contributed by atoms with Gasteiger partial charge in [-0.1, -0.05) is 18.6 Å². The summed E-state index contributed by atoms with van der Waals surface area (Å²) in [7, 11) is 0. The van der Waals surface area contributed by atoms with Crippen molar-refractivity contribution in [3.8, 4) is 0 Å².